The summed E-state index contributed by atoms with van der Waals surface area (Å²) in [6, 6.07) is 6.53. The average molecular weight is 423 g/mol. The molecule has 1 saturated heterocycles. The quantitative estimate of drug-likeness (QED) is 0.762. The van der Waals surface area contributed by atoms with Crippen LogP contribution in [0.4, 0.5) is 0 Å². The van der Waals surface area contributed by atoms with Crippen LogP contribution in [-0.4, -0.2) is 51.0 Å². The molecule has 2 fully saturated rings. The van der Waals surface area contributed by atoms with Crippen LogP contribution < -0.4 is 5.32 Å². The molecular formula is C22H34N2O4S. The summed E-state index contributed by atoms with van der Waals surface area (Å²) in [4.78, 5) is 12.9. The summed E-state index contributed by atoms with van der Waals surface area (Å²) < 4.78 is 32.4. The molecule has 29 heavy (non-hydrogen) atoms. The second kappa shape index (κ2) is 9.14. The van der Waals surface area contributed by atoms with E-state index in [1.165, 1.54) is 16.8 Å². The average Bonchev–Trinajstić information content (AvgIpc) is 2.75. The van der Waals surface area contributed by atoms with Crippen molar-refractivity contribution in [3.05, 3.63) is 29.8 Å². The molecule has 1 N–H and O–H groups in total. The van der Waals surface area contributed by atoms with E-state index in [0.717, 1.165) is 25.7 Å². The fraction of sp³-hybridized carbons (Fsp3) is 0.682. The van der Waals surface area contributed by atoms with Gasteiger partial charge in [-0.05, 0) is 55.2 Å². The van der Waals surface area contributed by atoms with Crippen LogP contribution in [0, 0.1) is 11.3 Å². The Labute approximate surface area is 175 Å². The maximum Gasteiger partial charge on any atom is 0.251 e. The smallest absolute Gasteiger partial charge is 0.251 e. The van der Waals surface area contributed by atoms with E-state index >= 15 is 0 Å². The van der Waals surface area contributed by atoms with E-state index in [1.807, 2.05) is 0 Å². The Balaban J connectivity index is 1.63. The molecule has 162 valence electrons. The van der Waals surface area contributed by atoms with Crippen molar-refractivity contribution in [1.29, 1.82) is 0 Å². The third-order valence-electron chi connectivity index (χ3n) is 6.78. The number of nitrogens with zero attached hydrogens (tertiary/aromatic N) is 1. The first-order valence-corrected chi connectivity index (χ1v) is 12.2. The maximum absolute atomic E-state index is 12.8. The Morgan fingerprint density at radius 3 is 2.45 bits per heavy atom. The molecule has 0 radical (unpaired) electrons. The van der Waals surface area contributed by atoms with Gasteiger partial charge in [-0.2, -0.15) is 4.31 Å². The number of hydrogen-bond acceptors (Lipinski definition) is 4. The Kier molecular flexibility index (Phi) is 7.02. The van der Waals surface area contributed by atoms with Crippen LogP contribution >= 0.6 is 0 Å². The number of benzene rings is 1. The zero-order valence-electron chi connectivity index (χ0n) is 17.8. The summed E-state index contributed by atoms with van der Waals surface area (Å²) in [5.41, 5.74) is 0.743. The van der Waals surface area contributed by atoms with Gasteiger partial charge in [-0.15, -0.1) is 0 Å². The summed E-state index contributed by atoms with van der Waals surface area (Å²) in [5, 5.41) is 3.12. The molecule has 1 heterocycles. The minimum atomic E-state index is -3.60. The Morgan fingerprint density at radius 2 is 1.83 bits per heavy atom. The van der Waals surface area contributed by atoms with Gasteiger partial charge in [0.05, 0.1) is 18.1 Å². The number of nitrogens with one attached hydrogen (secondary N) is 1. The lowest BCUT2D eigenvalue weighted by molar-refractivity contribution is 0.0730. The Hall–Kier alpha value is -1.44. The highest BCUT2D eigenvalue weighted by atomic mass is 32.2. The zero-order valence-corrected chi connectivity index (χ0v) is 18.6. The molecule has 1 saturated carbocycles. The van der Waals surface area contributed by atoms with Crippen molar-refractivity contribution >= 4 is 15.9 Å². The molecule has 6 nitrogen and oxygen atoms in total. The van der Waals surface area contributed by atoms with Gasteiger partial charge in [0, 0.05) is 24.7 Å². The third-order valence-corrected chi connectivity index (χ3v) is 8.68. The minimum Gasteiger partial charge on any atom is -0.379 e. The standard InChI is InChI=1S/C22H34N2O4S/c1-4-22(2,3)18-8-10-19(11-9-18)23-21(25)17-6-5-7-20(16-17)29(26,27)24-12-14-28-15-13-24/h5-7,16,18-19H,4,8-15H2,1-3H3,(H,23,25). The summed E-state index contributed by atoms with van der Waals surface area (Å²) >= 11 is 0. The second-order valence-corrected chi connectivity index (χ2v) is 10.8. The fourth-order valence-corrected chi connectivity index (χ4v) is 5.76. The van der Waals surface area contributed by atoms with E-state index in [-0.39, 0.29) is 16.8 Å². The molecule has 0 atom stereocenters. The number of morpholine rings is 1. The van der Waals surface area contributed by atoms with E-state index < -0.39 is 10.0 Å². The normalized spacial score (nSPS) is 24.2. The molecule has 1 amide bonds. The summed E-state index contributed by atoms with van der Waals surface area (Å²) in [6.45, 7) is 8.39. The molecule has 2 aliphatic rings. The largest absolute Gasteiger partial charge is 0.379 e. The van der Waals surface area contributed by atoms with E-state index in [4.69, 9.17) is 4.74 Å². The lowest BCUT2D eigenvalue weighted by Crippen LogP contribution is -2.41. The van der Waals surface area contributed by atoms with Gasteiger partial charge in [-0.3, -0.25) is 4.79 Å². The van der Waals surface area contributed by atoms with E-state index in [0.29, 0.717) is 43.2 Å². The van der Waals surface area contributed by atoms with Gasteiger partial charge in [0.2, 0.25) is 10.0 Å². The molecule has 1 aromatic carbocycles. The van der Waals surface area contributed by atoms with E-state index in [2.05, 4.69) is 26.1 Å². The van der Waals surface area contributed by atoms with Crippen LogP contribution in [0.25, 0.3) is 0 Å². The minimum absolute atomic E-state index is 0.158. The zero-order chi connectivity index (χ0) is 21.1. The lowest BCUT2D eigenvalue weighted by Gasteiger charge is -2.39. The van der Waals surface area contributed by atoms with Gasteiger partial charge in [-0.25, -0.2) is 8.42 Å². The highest BCUT2D eigenvalue weighted by molar-refractivity contribution is 7.89. The SMILES string of the molecule is CCC(C)(C)C1CCC(NC(=O)c2cccc(S(=O)(=O)N3CCOCC3)c2)CC1. The highest BCUT2D eigenvalue weighted by Crippen LogP contribution is 2.40. The van der Waals surface area contributed by atoms with Crippen molar-refractivity contribution in [1.82, 2.24) is 9.62 Å². The first-order valence-electron chi connectivity index (χ1n) is 10.7. The monoisotopic (exact) mass is 422 g/mol. The number of sulfonamides is 1. The van der Waals surface area contributed by atoms with Gasteiger partial charge < -0.3 is 10.1 Å². The van der Waals surface area contributed by atoms with Gasteiger partial charge in [0.1, 0.15) is 0 Å². The summed E-state index contributed by atoms with van der Waals surface area (Å²) in [7, 11) is -3.60. The second-order valence-electron chi connectivity index (χ2n) is 8.91. The fourth-order valence-electron chi connectivity index (χ4n) is 4.31. The number of amides is 1. The van der Waals surface area contributed by atoms with Crippen LogP contribution in [0.15, 0.2) is 29.2 Å². The molecule has 1 aromatic rings. The molecule has 1 aliphatic heterocycles. The van der Waals surface area contributed by atoms with Crippen LogP contribution in [0.3, 0.4) is 0 Å². The van der Waals surface area contributed by atoms with Crippen molar-refractivity contribution in [2.75, 3.05) is 26.3 Å². The summed E-state index contributed by atoms with van der Waals surface area (Å²) in [5.74, 6) is 0.505. The number of carbonyl (C=O) groups excluding carboxylic acids is 1. The van der Waals surface area contributed by atoms with Crippen molar-refractivity contribution in [3.8, 4) is 0 Å². The van der Waals surface area contributed by atoms with E-state index in [9.17, 15) is 13.2 Å². The van der Waals surface area contributed by atoms with Gasteiger partial charge in [0.25, 0.3) is 5.91 Å². The predicted octanol–water partition coefficient (Wildman–Crippen LogP) is 3.43. The number of hydrogen-bond donors (Lipinski definition) is 1. The Morgan fingerprint density at radius 1 is 1.17 bits per heavy atom. The number of ether oxygens (including phenoxy) is 1. The first kappa shape index (κ1) is 22.2. The van der Waals surface area contributed by atoms with Crippen LogP contribution in [0.2, 0.25) is 0 Å². The van der Waals surface area contributed by atoms with Gasteiger partial charge in [0.15, 0.2) is 0 Å². The van der Waals surface area contributed by atoms with E-state index in [1.54, 1.807) is 18.2 Å². The van der Waals surface area contributed by atoms with Crippen molar-refractivity contribution in [2.24, 2.45) is 11.3 Å². The number of carbonyl (C=O) groups is 1. The topological polar surface area (TPSA) is 75.7 Å². The van der Waals surface area contributed by atoms with Crippen molar-refractivity contribution in [2.45, 2.75) is 63.8 Å². The Bertz CT molecular complexity index is 808. The van der Waals surface area contributed by atoms with Gasteiger partial charge in [-0.1, -0.05) is 33.3 Å². The van der Waals surface area contributed by atoms with Crippen molar-refractivity contribution in [3.63, 3.8) is 0 Å². The maximum atomic E-state index is 12.8. The highest BCUT2D eigenvalue weighted by Gasteiger charge is 2.32. The predicted molar refractivity (Wildman–Crippen MR) is 113 cm³/mol. The van der Waals surface area contributed by atoms with Crippen LogP contribution in [0.5, 0.6) is 0 Å². The van der Waals surface area contributed by atoms with Gasteiger partial charge >= 0.3 is 0 Å². The lowest BCUT2D eigenvalue weighted by atomic mass is 9.69. The molecule has 7 heteroatoms. The molecule has 0 aromatic heterocycles. The molecule has 1 aliphatic carbocycles. The van der Waals surface area contributed by atoms with Crippen LogP contribution in [-0.2, 0) is 14.8 Å². The number of rotatable bonds is 6. The molecule has 0 spiro atoms. The summed E-state index contributed by atoms with van der Waals surface area (Å²) in [6.07, 6.45) is 5.37. The molecule has 3 rings (SSSR count). The van der Waals surface area contributed by atoms with Crippen LogP contribution in [0.1, 0.15) is 63.2 Å². The molecule has 0 unspecified atom stereocenters. The molecular weight excluding hydrogens is 388 g/mol. The third kappa shape index (κ3) is 5.19. The molecule has 0 bridgehead atoms. The first-order chi connectivity index (χ1) is 13.7. The van der Waals surface area contributed by atoms with Crippen molar-refractivity contribution < 1.29 is 17.9 Å².